The largest absolute Gasteiger partial charge is 0.481 e. The number of hydrogen-bond donors (Lipinski definition) is 4. The maximum Gasteiger partial charge on any atom is 0.330 e. The third-order valence-electron chi connectivity index (χ3n) is 3.73. The van der Waals surface area contributed by atoms with Gasteiger partial charge in [0, 0.05) is 12.8 Å². The van der Waals surface area contributed by atoms with Crippen LogP contribution in [0.25, 0.3) is 0 Å². The summed E-state index contributed by atoms with van der Waals surface area (Å²) < 4.78 is 24.2. The molecule has 1 aliphatic rings. The number of ether oxygens (including phenoxy) is 2. The lowest BCUT2D eigenvalue weighted by atomic mass is 10.1. The first kappa shape index (κ1) is 19.8. The standard InChI is InChI=1S/C14H17FN2O9/c15-6-4-17(14(24)16-12(6)23)13-10(22)11(7(5-18)25-13)26-9(21)3-1-2-8(19)20/h4,7,10-11,13,18,22H,1-3,5H2,(H,19,20)(H,16,23,24)/t7-,10-,11-,13-/m1/s1. The molecule has 1 aromatic heterocycles. The molecule has 0 spiro atoms. The van der Waals surface area contributed by atoms with E-state index in [-0.39, 0.29) is 19.3 Å². The van der Waals surface area contributed by atoms with Gasteiger partial charge < -0.3 is 24.8 Å². The molecule has 26 heavy (non-hydrogen) atoms. The Morgan fingerprint density at radius 1 is 1.35 bits per heavy atom. The molecular formula is C14H17FN2O9. The SMILES string of the molecule is O=C(O)CCCC(=O)O[C@H]1[C@@H](O)[C@H](n2cc(F)c(=O)[nH]c2=O)O[C@@H]1CO. The van der Waals surface area contributed by atoms with Crippen molar-refractivity contribution >= 4 is 11.9 Å². The number of nitrogens with one attached hydrogen (secondary N) is 1. The van der Waals surface area contributed by atoms with Gasteiger partial charge in [-0.25, -0.2) is 4.79 Å². The molecule has 4 atom stereocenters. The number of carbonyl (C=O) groups is 2. The van der Waals surface area contributed by atoms with Crippen LogP contribution in [0, 0.1) is 5.82 Å². The van der Waals surface area contributed by atoms with Crippen LogP contribution < -0.4 is 11.2 Å². The Labute approximate surface area is 144 Å². The Bertz CT molecular complexity index is 789. The van der Waals surface area contributed by atoms with Crippen molar-refractivity contribution < 1.29 is 38.8 Å². The number of aromatic amines is 1. The van der Waals surface area contributed by atoms with Gasteiger partial charge in [-0.1, -0.05) is 0 Å². The van der Waals surface area contributed by atoms with Crippen LogP contribution in [0.15, 0.2) is 15.8 Å². The highest BCUT2D eigenvalue weighted by Crippen LogP contribution is 2.30. The Balaban J connectivity index is 2.13. The maximum atomic E-state index is 13.4. The van der Waals surface area contributed by atoms with E-state index in [1.165, 1.54) is 0 Å². The van der Waals surface area contributed by atoms with Crippen LogP contribution in [0.4, 0.5) is 4.39 Å². The van der Waals surface area contributed by atoms with E-state index in [4.69, 9.17) is 14.6 Å². The molecule has 0 amide bonds. The molecule has 144 valence electrons. The molecule has 11 nitrogen and oxygen atoms in total. The molecule has 4 N–H and O–H groups in total. The zero-order valence-electron chi connectivity index (χ0n) is 13.3. The van der Waals surface area contributed by atoms with Crippen molar-refractivity contribution in [3.8, 4) is 0 Å². The van der Waals surface area contributed by atoms with E-state index in [9.17, 15) is 33.8 Å². The summed E-state index contributed by atoms with van der Waals surface area (Å²) in [6, 6.07) is 0. The number of halogens is 1. The summed E-state index contributed by atoms with van der Waals surface area (Å²) in [5.41, 5.74) is -2.32. The van der Waals surface area contributed by atoms with Gasteiger partial charge in [-0.05, 0) is 6.42 Å². The number of carboxylic acids is 1. The second-order valence-corrected chi connectivity index (χ2v) is 5.58. The summed E-state index contributed by atoms with van der Waals surface area (Å²) in [4.78, 5) is 46.7. The molecular weight excluding hydrogens is 359 g/mol. The lowest BCUT2D eigenvalue weighted by Crippen LogP contribution is -2.40. The van der Waals surface area contributed by atoms with E-state index in [0.717, 1.165) is 0 Å². The van der Waals surface area contributed by atoms with Crippen molar-refractivity contribution in [1.29, 1.82) is 0 Å². The predicted molar refractivity (Wildman–Crippen MR) is 79.7 cm³/mol. The number of nitrogens with zero attached hydrogens (tertiary/aromatic N) is 1. The molecule has 0 aliphatic carbocycles. The fourth-order valence-corrected chi connectivity index (χ4v) is 2.49. The molecule has 1 aromatic rings. The number of esters is 1. The van der Waals surface area contributed by atoms with Crippen LogP contribution in [0.3, 0.4) is 0 Å². The Kier molecular flexibility index (Phi) is 6.23. The number of H-pyrrole nitrogens is 1. The fraction of sp³-hybridized carbons (Fsp3) is 0.571. The molecule has 0 radical (unpaired) electrons. The van der Waals surface area contributed by atoms with Gasteiger partial charge in [0.25, 0.3) is 5.56 Å². The number of carbonyl (C=O) groups excluding carboxylic acids is 1. The number of aliphatic hydroxyl groups is 2. The van der Waals surface area contributed by atoms with Gasteiger partial charge in [-0.2, -0.15) is 4.39 Å². The fourth-order valence-electron chi connectivity index (χ4n) is 2.49. The van der Waals surface area contributed by atoms with Crippen LogP contribution in [0.5, 0.6) is 0 Å². The summed E-state index contributed by atoms with van der Waals surface area (Å²) in [6.07, 6.45) is -5.69. The minimum Gasteiger partial charge on any atom is -0.481 e. The van der Waals surface area contributed by atoms with E-state index in [0.29, 0.717) is 10.8 Å². The molecule has 2 heterocycles. The first-order valence-corrected chi connectivity index (χ1v) is 7.61. The van der Waals surface area contributed by atoms with Crippen LogP contribution in [0.2, 0.25) is 0 Å². The zero-order chi connectivity index (χ0) is 19.4. The lowest BCUT2D eigenvalue weighted by molar-refractivity contribution is -0.156. The van der Waals surface area contributed by atoms with Crippen molar-refractivity contribution in [2.75, 3.05) is 6.61 Å². The maximum absolute atomic E-state index is 13.4. The summed E-state index contributed by atoms with van der Waals surface area (Å²) in [7, 11) is 0. The molecule has 2 rings (SSSR count). The van der Waals surface area contributed by atoms with Gasteiger partial charge in [0.2, 0.25) is 5.82 Å². The second-order valence-electron chi connectivity index (χ2n) is 5.58. The molecule has 0 bridgehead atoms. The van der Waals surface area contributed by atoms with Gasteiger partial charge in [0.1, 0.15) is 12.2 Å². The summed E-state index contributed by atoms with van der Waals surface area (Å²) in [5.74, 6) is -3.22. The number of hydrogen-bond acceptors (Lipinski definition) is 8. The predicted octanol–water partition coefficient (Wildman–Crippen LogP) is -1.91. The first-order chi connectivity index (χ1) is 12.2. The highest BCUT2D eigenvalue weighted by molar-refractivity contribution is 5.71. The van der Waals surface area contributed by atoms with Crippen molar-refractivity contribution in [2.45, 2.75) is 43.8 Å². The number of aliphatic hydroxyl groups excluding tert-OH is 2. The quantitative estimate of drug-likeness (QED) is 0.397. The first-order valence-electron chi connectivity index (χ1n) is 7.61. The average Bonchev–Trinajstić information content (AvgIpc) is 2.87. The number of carboxylic acid groups (broad SMARTS) is 1. The average molecular weight is 376 g/mol. The summed E-state index contributed by atoms with van der Waals surface area (Å²) in [6.45, 7) is -0.679. The van der Waals surface area contributed by atoms with E-state index in [1.807, 2.05) is 0 Å². The second kappa shape index (κ2) is 8.21. The van der Waals surface area contributed by atoms with E-state index >= 15 is 0 Å². The van der Waals surface area contributed by atoms with E-state index in [2.05, 4.69) is 0 Å². The smallest absolute Gasteiger partial charge is 0.330 e. The third-order valence-corrected chi connectivity index (χ3v) is 3.73. The Hall–Kier alpha value is -2.57. The minimum absolute atomic E-state index is 0.00957. The lowest BCUT2D eigenvalue weighted by Gasteiger charge is -2.20. The highest BCUT2D eigenvalue weighted by Gasteiger charge is 2.47. The monoisotopic (exact) mass is 376 g/mol. The topological polar surface area (TPSA) is 168 Å². The minimum atomic E-state index is -1.64. The van der Waals surface area contributed by atoms with Gasteiger partial charge in [-0.15, -0.1) is 0 Å². The van der Waals surface area contributed by atoms with Gasteiger partial charge in [0.05, 0.1) is 12.8 Å². The molecule has 0 aromatic carbocycles. The van der Waals surface area contributed by atoms with Gasteiger partial charge >= 0.3 is 17.6 Å². The highest BCUT2D eigenvalue weighted by atomic mass is 19.1. The van der Waals surface area contributed by atoms with E-state index < -0.39 is 60.2 Å². The van der Waals surface area contributed by atoms with Gasteiger partial charge in [0.15, 0.2) is 12.3 Å². The summed E-state index contributed by atoms with van der Waals surface area (Å²) >= 11 is 0. The summed E-state index contributed by atoms with van der Waals surface area (Å²) in [5, 5.41) is 28.1. The van der Waals surface area contributed by atoms with Crippen molar-refractivity contribution in [3.63, 3.8) is 0 Å². The molecule has 1 aliphatic heterocycles. The van der Waals surface area contributed by atoms with Crippen LogP contribution in [-0.4, -0.2) is 61.7 Å². The van der Waals surface area contributed by atoms with Crippen LogP contribution in [-0.2, 0) is 19.1 Å². The zero-order valence-corrected chi connectivity index (χ0v) is 13.3. The Morgan fingerprint density at radius 2 is 2.04 bits per heavy atom. The number of aromatic nitrogens is 2. The molecule has 1 fully saturated rings. The van der Waals surface area contributed by atoms with Crippen molar-refractivity contribution in [1.82, 2.24) is 9.55 Å². The molecule has 1 saturated heterocycles. The Morgan fingerprint density at radius 3 is 2.65 bits per heavy atom. The molecule has 12 heteroatoms. The third kappa shape index (κ3) is 4.33. The number of aliphatic carboxylic acids is 1. The van der Waals surface area contributed by atoms with Crippen molar-refractivity contribution in [2.24, 2.45) is 0 Å². The van der Waals surface area contributed by atoms with Crippen molar-refractivity contribution in [3.05, 3.63) is 32.9 Å². The molecule has 0 saturated carbocycles. The molecule has 0 unspecified atom stereocenters. The van der Waals surface area contributed by atoms with Crippen LogP contribution >= 0.6 is 0 Å². The van der Waals surface area contributed by atoms with Crippen LogP contribution in [0.1, 0.15) is 25.5 Å². The normalized spacial score (nSPS) is 25.2. The van der Waals surface area contributed by atoms with E-state index in [1.54, 1.807) is 4.98 Å². The van der Waals surface area contributed by atoms with Gasteiger partial charge in [-0.3, -0.25) is 23.9 Å². The number of rotatable bonds is 7.